The molecule has 88 valence electrons. The fraction of sp³-hybridized carbons (Fsp3) is 0.400. The Bertz CT molecular complexity index is 445. The second kappa shape index (κ2) is 6.13. The lowest BCUT2D eigenvalue weighted by Crippen LogP contribution is -2.25. The Morgan fingerprint density at radius 3 is 2.47 bits per heavy atom. The van der Waals surface area contributed by atoms with E-state index in [1.807, 2.05) is 12.1 Å². The van der Waals surface area contributed by atoms with Crippen molar-refractivity contribution in [2.24, 2.45) is 0 Å². The molecule has 1 heterocycles. The Kier molecular flexibility index (Phi) is 4.52. The number of hydrogen-bond acceptors (Lipinski definition) is 7. The summed E-state index contributed by atoms with van der Waals surface area (Å²) < 4.78 is 5.19. The minimum absolute atomic E-state index is 0.0596. The van der Waals surface area contributed by atoms with E-state index in [1.165, 1.54) is 18.3 Å². The highest BCUT2D eigenvalue weighted by atomic mass is 16.5. The molecule has 0 unspecified atom stereocenters. The number of nitriles is 2. The summed E-state index contributed by atoms with van der Waals surface area (Å²) >= 11 is 0. The van der Waals surface area contributed by atoms with Crippen LogP contribution in [0.25, 0.3) is 0 Å². The van der Waals surface area contributed by atoms with Gasteiger partial charge in [-0.3, -0.25) is 0 Å². The van der Waals surface area contributed by atoms with Crippen molar-refractivity contribution >= 4 is 11.6 Å². The van der Waals surface area contributed by atoms with Gasteiger partial charge in [-0.05, 0) is 0 Å². The predicted molar refractivity (Wildman–Crippen MR) is 61.6 cm³/mol. The number of hydrogen-bond donors (Lipinski definition) is 1. The van der Waals surface area contributed by atoms with Crippen molar-refractivity contribution < 1.29 is 4.74 Å². The van der Waals surface area contributed by atoms with Crippen LogP contribution in [0.15, 0.2) is 6.33 Å². The summed E-state index contributed by atoms with van der Waals surface area (Å²) in [4.78, 5) is 9.55. The van der Waals surface area contributed by atoms with Crippen LogP contribution in [-0.4, -0.2) is 37.2 Å². The van der Waals surface area contributed by atoms with Crippen LogP contribution < -0.4 is 15.0 Å². The molecule has 0 spiro atoms. The Morgan fingerprint density at radius 2 is 2.00 bits per heavy atom. The lowest BCUT2D eigenvalue weighted by atomic mass is 10.4. The largest absolute Gasteiger partial charge is 0.490 e. The molecule has 0 saturated carbocycles. The Balaban J connectivity index is 3.19. The summed E-state index contributed by atoms with van der Waals surface area (Å²) in [6.07, 6.45) is 1.35. The topological polar surface area (TPSA) is 97.9 Å². The van der Waals surface area contributed by atoms with Crippen LogP contribution in [0.1, 0.15) is 0 Å². The number of ether oxygens (including phenoxy) is 1. The molecule has 0 aliphatic heterocycles. The van der Waals surface area contributed by atoms with E-state index < -0.39 is 0 Å². The molecule has 0 amide bonds. The minimum atomic E-state index is 0.0596. The lowest BCUT2D eigenvalue weighted by molar-refractivity contribution is 0.413. The fourth-order valence-electron chi connectivity index (χ4n) is 1.33. The van der Waals surface area contributed by atoms with Gasteiger partial charge in [0.15, 0.2) is 11.6 Å². The highest BCUT2D eigenvalue weighted by Gasteiger charge is 2.17. The molecule has 1 aromatic heterocycles. The van der Waals surface area contributed by atoms with Crippen molar-refractivity contribution in [1.82, 2.24) is 9.97 Å². The fourth-order valence-corrected chi connectivity index (χ4v) is 1.33. The molecule has 7 nitrogen and oxygen atoms in total. The smallest absolute Gasteiger partial charge is 0.204 e. The van der Waals surface area contributed by atoms with Crippen molar-refractivity contribution in [2.75, 3.05) is 37.5 Å². The second-order valence-corrected chi connectivity index (χ2v) is 3.00. The van der Waals surface area contributed by atoms with Gasteiger partial charge in [-0.15, -0.1) is 0 Å². The van der Waals surface area contributed by atoms with Crippen LogP contribution in [-0.2, 0) is 0 Å². The Hall–Kier alpha value is -2.54. The molecule has 1 N–H and O–H groups in total. The zero-order valence-electron chi connectivity index (χ0n) is 9.64. The normalized spacial score (nSPS) is 8.94. The van der Waals surface area contributed by atoms with Gasteiger partial charge >= 0.3 is 0 Å². The number of nitrogens with zero attached hydrogens (tertiary/aromatic N) is 5. The first-order chi connectivity index (χ1) is 8.28. The van der Waals surface area contributed by atoms with Crippen molar-refractivity contribution in [3.05, 3.63) is 6.33 Å². The minimum Gasteiger partial charge on any atom is -0.490 e. The van der Waals surface area contributed by atoms with E-state index in [4.69, 9.17) is 15.3 Å². The van der Waals surface area contributed by atoms with E-state index in [-0.39, 0.29) is 13.1 Å². The summed E-state index contributed by atoms with van der Waals surface area (Å²) in [6, 6.07) is 3.96. The van der Waals surface area contributed by atoms with Gasteiger partial charge in [0.25, 0.3) is 0 Å². The number of methoxy groups -OCH3 is 1. The first-order valence-corrected chi connectivity index (χ1v) is 4.84. The average Bonchev–Trinajstić information content (AvgIpc) is 2.37. The highest BCUT2D eigenvalue weighted by Crippen LogP contribution is 2.31. The first kappa shape index (κ1) is 12.5. The van der Waals surface area contributed by atoms with E-state index in [9.17, 15) is 0 Å². The molecule has 0 fully saturated rings. The summed E-state index contributed by atoms with van der Waals surface area (Å²) in [7, 11) is 3.19. The molecule has 0 aromatic carbocycles. The number of rotatable bonds is 5. The molecule has 1 aromatic rings. The average molecular weight is 232 g/mol. The van der Waals surface area contributed by atoms with Gasteiger partial charge in [-0.2, -0.15) is 10.5 Å². The summed E-state index contributed by atoms with van der Waals surface area (Å²) in [5, 5.41) is 20.3. The van der Waals surface area contributed by atoms with E-state index in [0.29, 0.717) is 17.4 Å². The zero-order valence-corrected chi connectivity index (χ0v) is 9.64. The van der Waals surface area contributed by atoms with Crippen LogP contribution in [0.5, 0.6) is 5.75 Å². The third-order valence-corrected chi connectivity index (χ3v) is 2.05. The molecule has 17 heavy (non-hydrogen) atoms. The third kappa shape index (κ3) is 2.73. The summed E-state index contributed by atoms with van der Waals surface area (Å²) in [5.41, 5.74) is 0. The first-order valence-electron chi connectivity index (χ1n) is 4.84. The molecule has 1 rings (SSSR count). The maximum absolute atomic E-state index is 8.71. The second-order valence-electron chi connectivity index (χ2n) is 3.00. The standard InChI is InChI=1S/C10H12N6O/c1-13-9-8(17-2)10(15-7-14-9)16(5-3-11)6-4-12/h7H,5-6H2,1-2H3,(H,13,14,15). The summed E-state index contributed by atoms with van der Waals surface area (Å²) in [6.45, 7) is 0.119. The SMILES string of the molecule is CNc1ncnc(N(CC#N)CC#N)c1OC. The molecular weight excluding hydrogens is 220 g/mol. The van der Waals surface area contributed by atoms with Gasteiger partial charge in [0, 0.05) is 7.05 Å². The molecule has 0 bridgehead atoms. The van der Waals surface area contributed by atoms with Crippen LogP contribution in [0.3, 0.4) is 0 Å². The number of anilines is 2. The third-order valence-electron chi connectivity index (χ3n) is 2.05. The van der Waals surface area contributed by atoms with Crippen molar-refractivity contribution in [1.29, 1.82) is 10.5 Å². The zero-order chi connectivity index (χ0) is 12.7. The Labute approximate surface area is 99.3 Å². The van der Waals surface area contributed by atoms with Crippen LogP contribution in [0.2, 0.25) is 0 Å². The highest BCUT2D eigenvalue weighted by molar-refractivity contribution is 5.65. The quantitative estimate of drug-likeness (QED) is 0.733. The van der Waals surface area contributed by atoms with E-state index in [0.717, 1.165) is 0 Å². The van der Waals surface area contributed by atoms with Crippen molar-refractivity contribution in [3.8, 4) is 17.9 Å². The summed E-state index contributed by atoms with van der Waals surface area (Å²) in [5.74, 6) is 1.36. The molecule has 0 aliphatic rings. The molecule has 0 radical (unpaired) electrons. The van der Waals surface area contributed by atoms with Crippen molar-refractivity contribution in [3.63, 3.8) is 0 Å². The monoisotopic (exact) mass is 232 g/mol. The molecule has 7 heteroatoms. The van der Waals surface area contributed by atoms with Gasteiger partial charge in [0.2, 0.25) is 5.75 Å². The lowest BCUT2D eigenvalue weighted by Gasteiger charge is -2.20. The van der Waals surface area contributed by atoms with Crippen LogP contribution in [0.4, 0.5) is 11.6 Å². The molecular formula is C10H12N6O. The van der Waals surface area contributed by atoms with Gasteiger partial charge < -0.3 is 15.0 Å². The maximum Gasteiger partial charge on any atom is 0.204 e. The van der Waals surface area contributed by atoms with Gasteiger partial charge in [-0.1, -0.05) is 0 Å². The predicted octanol–water partition coefficient (Wildman–Crippen LogP) is 0.380. The molecule has 0 atom stereocenters. The van der Waals surface area contributed by atoms with E-state index in [2.05, 4.69) is 15.3 Å². The van der Waals surface area contributed by atoms with Crippen LogP contribution >= 0.6 is 0 Å². The van der Waals surface area contributed by atoms with Gasteiger partial charge in [0.05, 0.1) is 19.2 Å². The molecule has 0 saturated heterocycles. The maximum atomic E-state index is 8.71. The number of aromatic nitrogens is 2. The van der Waals surface area contributed by atoms with E-state index in [1.54, 1.807) is 7.05 Å². The van der Waals surface area contributed by atoms with Crippen LogP contribution in [0, 0.1) is 22.7 Å². The molecule has 0 aliphatic carbocycles. The Morgan fingerprint density at radius 1 is 1.35 bits per heavy atom. The van der Waals surface area contributed by atoms with E-state index >= 15 is 0 Å². The number of nitrogens with one attached hydrogen (secondary N) is 1. The van der Waals surface area contributed by atoms with Gasteiger partial charge in [0.1, 0.15) is 19.4 Å². The van der Waals surface area contributed by atoms with Gasteiger partial charge in [-0.25, -0.2) is 9.97 Å². The van der Waals surface area contributed by atoms with Crippen molar-refractivity contribution in [2.45, 2.75) is 0 Å².